The first-order valence-corrected chi connectivity index (χ1v) is 6.25. The largest absolute Gasteiger partial charge is 0.493 e. The molecule has 1 fully saturated rings. The average Bonchev–Trinajstić information content (AvgIpc) is 2.27. The number of methoxy groups -OCH3 is 2. The molecular formula is C12H17NO2S. The molecular weight excluding hydrogens is 222 g/mol. The molecule has 2 N–H and O–H groups in total. The van der Waals surface area contributed by atoms with Crippen molar-refractivity contribution in [3.63, 3.8) is 0 Å². The molecule has 1 aromatic carbocycles. The van der Waals surface area contributed by atoms with E-state index in [0.717, 1.165) is 24.3 Å². The second kappa shape index (κ2) is 4.97. The first kappa shape index (κ1) is 11.6. The summed E-state index contributed by atoms with van der Waals surface area (Å²) >= 11 is 1.87. The minimum Gasteiger partial charge on any atom is -0.493 e. The molecule has 0 saturated heterocycles. The van der Waals surface area contributed by atoms with E-state index in [1.807, 2.05) is 23.9 Å². The van der Waals surface area contributed by atoms with Crippen LogP contribution in [-0.4, -0.2) is 25.5 Å². The summed E-state index contributed by atoms with van der Waals surface area (Å²) in [4.78, 5) is 1.22. The first-order chi connectivity index (χ1) is 7.72. The van der Waals surface area contributed by atoms with Crippen molar-refractivity contribution in [2.24, 2.45) is 5.73 Å². The van der Waals surface area contributed by atoms with Gasteiger partial charge in [0.05, 0.1) is 14.2 Å². The van der Waals surface area contributed by atoms with E-state index in [1.54, 1.807) is 14.2 Å². The van der Waals surface area contributed by atoms with Crippen molar-refractivity contribution in [3.05, 3.63) is 18.2 Å². The van der Waals surface area contributed by atoms with Crippen LogP contribution >= 0.6 is 11.8 Å². The molecule has 1 aliphatic rings. The predicted octanol–water partition coefficient (Wildman–Crippen LogP) is 2.29. The Kier molecular flexibility index (Phi) is 3.61. The van der Waals surface area contributed by atoms with Crippen LogP contribution in [-0.2, 0) is 0 Å². The van der Waals surface area contributed by atoms with Crippen LogP contribution in [0.15, 0.2) is 23.1 Å². The van der Waals surface area contributed by atoms with E-state index in [-0.39, 0.29) is 0 Å². The third-order valence-electron chi connectivity index (χ3n) is 2.79. The van der Waals surface area contributed by atoms with Crippen molar-refractivity contribution in [1.82, 2.24) is 0 Å². The van der Waals surface area contributed by atoms with E-state index in [1.165, 1.54) is 4.90 Å². The zero-order valence-electron chi connectivity index (χ0n) is 9.60. The van der Waals surface area contributed by atoms with Gasteiger partial charge in [0, 0.05) is 16.2 Å². The number of benzene rings is 1. The number of nitrogens with two attached hydrogens (primary N) is 1. The highest BCUT2D eigenvalue weighted by molar-refractivity contribution is 8.00. The molecule has 0 aliphatic heterocycles. The lowest BCUT2D eigenvalue weighted by atomic mass is 9.94. The average molecular weight is 239 g/mol. The van der Waals surface area contributed by atoms with Crippen molar-refractivity contribution >= 4 is 11.8 Å². The van der Waals surface area contributed by atoms with Crippen LogP contribution < -0.4 is 15.2 Å². The molecule has 88 valence electrons. The maximum Gasteiger partial charge on any atom is 0.161 e. The van der Waals surface area contributed by atoms with E-state index in [4.69, 9.17) is 15.2 Å². The molecule has 4 heteroatoms. The zero-order chi connectivity index (χ0) is 11.5. The Morgan fingerprint density at radius 1 is 1.19 bits per heavy atom. The highest BCUT2D eigenvalue weighted by Gasteiger charge is 2.26. The maximum absolute atomic E-state index is 5.77. The first-order valence-electron chi connectivity index (χ1n) is 5.37. The minimum atomic E-state index is 0.401. The van der Waals surface area contributed by atoms with Gasteiger partial charge in [-0.25, -0.2) is 0 Å². The molecule has 16 heavy (non-hydrogen) atoms. The Morgan fingerprint density at radius 3 is 2.44 bits per heavy atom. The summed E-state index contributed by atoms with van der Waals surface area (Å²) in [5.74, 6) is 1.56. The number of thioether (sulfide) groups is 1. The molecule has 1 aliphatic carbocycles. The minimum absolute atomic E-state index is 0.401. The van der Waals surface area contributed by atoms with Gasteiger partial charge >= 0.3 is 0 Å². The van der Waals surface area contributed by atoms with Crippen molar-refractivity contribution in [2.45, 2.75) is 29.0 Å². The Bertz CT molecular complexity index is 364. The van der Waals surface area contributed by atoms with Crippen molar-refractivity contribution in [2.75, 3.05) is 14.2 Å². The van der Waals surface area contributed by atoms with Gasteiger partial charge in [-0.3, -0.25) is 0 Å². The van der Waals surface area contributed by atoms with Gasteiger partial charge in [0.15, 0.2) is 11.5 Å². The van der Waals surface area contributed by atoms with E-state index < -0.39 is 0 Å². The quantitative estimate of drug-likeness (QED) is 0.875. The van der Waals surface area contributed by atoms with Gasteiger partial charge in [0.1, 0.15) is 0 Å². The lowest BCUT2D eigenvalue weighted by molar-refractivity contribution is 0.354. The number of hydrogen-bond donors (Lipinski definition) is 1. The highest BCUT2D eigenvalue weighted by Crippen LogP contribution is 2.39. The van der Waals surface area contributed by atoms with Crippen LogP contribution in [0.5, 0.6) is 11.5 Å². The SMILES string of the molecule is COc1ccc(SC2CC(N)C2)cc1OC. The molecule has 0 amide bonds. The number of rotatable bonds is 4. The maximum atomic E-state index is 5.77. The lowest BCUT2D eigenvalue weighted by Gasteiger charge is -2.31. The number of hydrogen-bond acceptors (Lipinski definition) is 4. The molecule has 0 aromatic heterocycles. The summed E-state index contributed by atoms with van der Waals surface area (Å²) < 4.78 is 10.5. The Labute approximate surface area is 100 Å². The highest BCUT2D eigenvalue weighted by atomic mass is 32.2. The predicted molar refractivity (Wildman–Crippen MR) is 66.4 cm³/mol. The summed E-state index contributed by atoms with van der Waals surface area (Å²) in [7, 11) is 3.31. The van der Waals surface area contributed by atoms with E-state index >= 15 is 0 Å². The summed E-state index contributed by atoms with van der Waals surface area (Å²) in [5.41, 5.74) is 5.77. The Hall–Kier alpha value is -0.870. The van der Waals surface area contributed by atoms with Gasteiger partial charge in [0.2, 0.25) is 0 Å². The molecule has 3 nitrogen and oxygen atoms in total. The van der Waals surface area contributed by atoms with Gasteiger partial charge in [-0.15, -0.1) is 11.8 Å². The molecule has 1 saturated carbocycles. The second-order valence-electron chi connectivity index (χ2n) is 3.99. The third kappa shape index (κ3) is 2.44. The van der Waals surface area contributed by atoms with Gasteiger partial charge in [-0.05, 0) is 31.0 Å². The molecule has 0 bridgehead atoms. The standard InChI is InChI=1S/C12H17NO2S/c1-14-11-4-3-9(7-12(11)15-2)16-10-5-8(13)6-10/h3-4,7-8,10H,5-6,13H2,1-2H3. The smallest absolute Gasteiger partial charge is 0.161 e. The van der Waals surface area contributed by atoms with Crippen LogP contribution in [0.25, 0.3) is 0 Å². The zero-order valence-corrected chi connectivity index (χ0v) is 10.4. The fourth-order valence-electron chi connectivity index (χ4n) is 1.78. The third-order valence-corrected chi connectivity index (χ3v) is 4.03. The lowest BCUT2D eigenvalue weighted by Crippen LogP contribution is -2.38. The van der Waals surface area contributed by atoms with Gasteiger partial charge in [0.25, 0.3) is 0 Å². The van der Waals surface area contributed by atoms with Crippen molar-refractivity contribution < 1.29 is 9.47 Å². The molecule has 0 heterocycles. The number of ether oxygens (including phenoxy) is 2. The van der Waals surface area contributed by atoms with Crippen molar-refractivity contribution in [1.29, 1.82) is 0 Å². The van der Waals surface area contributed by atoms with Crippen LogP contribution in [0.4, 0.5) is 0 Å². The Balaban J connectivity index is 2.04. The fraction of sp³-hybridized carbons (Fsp3) is 0.500. The second-order valence-corrected chi connectivity index (χ2v) is 5.36. The molecule has 2 rings (SSSR count). The van der Waals surface area contributed by atoms with Gasteiger partial charge in [-0.2, -0.15) is 0 Å². The van der Waals surface area contributed by atoms with Gasteiger partial charge < -0.3 is 15.2 Å². The monoisotopic (exact) mass is 239 g/mol. The molecule has 0 atom stereocenters. The van der Waals surface area contributed by atoms with Crippen LogP contribution in [0.3, 0.4) is 0 Å². The van der Waals surface area contributed by atoms with Crippen molar-refractivity contribution in [3.8, 4) is 11.5 Å². The van der Waals surface area contributed by atoms with E-state index in [0.29, 0.717) is 11.3 Å². The summed E-state index contributed by atoms with van der Waals surface area (Å²) in [6.07, 6.45) is 2.22. The van der Waals surface area contributed by atoms with E-state index in [9.17, 15) is 0 Å². The molecule has 1 aromatic rings. The Morgan fingerprint density at radius 2 is 1.88 bits per heavy atom. The summed E-state index contributed by atoms with van der Waals surface area (Å²) in [6.45, 7) is 0. The fourth-order valence-corrected chi connectivity index (χ4v) is 3.18. The normalized spacial score (nSPS) is 23.7. The molecule has 0 radical (unpaired) electrons. The molecule has 0 spiro atoms. The summed E-state index contributed by atoms with van der Waals surface area (Å²) in [6, 6.07) is 6.43. The van der Waals surface area contributed by atoms with Crippen LogP contribution in [0.1, 0.15) is 12.8 Å². The van der Waals surface area contributed by atoms with Crippen LogP contribution in [0.2, 0.25) is 0 Å². The topological polar surface area (TPSA) is 44.5 Å². The molecule has 0 unspecified atom stereocenters. The van der Waals surface area contributed by atoms with Gasteiger partial charge in [-0.1, -0.05) is 0 Å². The van der Waals surface area contributed by atoms with Crippen LogP contribution in [0, 0.1) is 0 Å². The van der Waals surface area contributed by atoms with E-state index in [2.05, 4.69) is 6.07 Å². The summed E-state index contributed by atoms with van der Waals surface area (Å²) in [5, 5.41) is 0.660.